The van der Waals surface area contributed by atoms with Gasteiger partial charge in [0.2, 0.25) is 0 Å². The molecule has 1 aromatic rings. The number of amides is 1. The van der Waals surface area contributed by atoms with Gasteiger partial charge >= 0.3 is 0 Å². The van der Waals surface area contributed by atoms with E-state index in [2.05, 4.69) is 19.2 Å². The summed E-state index contributed by atoms with van der Waals surface area (Å²) in [7, 11) is 0. The fourth-order valence-corrected chi connectivity index (χ4v) is 2.70. The summed E-state index contributed by atoms with van der Waals surface area (Å²) in [6.07, 6.45) is 3.56. The lowest BCUT2D eigenvalue weighted by atomic mass is 9.78. The number of benzene rings is 1. The standard InChI is InChI=1S/C16H23NO2/c1-12-7-6-10-15(13(12)2)17-16(18)11-19-14-8-4-3-5-9-14/h3-5,8-9,12-13,15H,6-7,10-11H2,1-2H3,(H,17,18)/t12-,13-,15-/m0/s1. The summed E-state index contributed by atoms with van der Waals surface area (Å²) in [5, 5.41) is 3.11. The minimum Gasteiger partial charge on any atom is -0.484 e. The Morgan fingerprint density at radius 2 is 2.00 bits per heavy atom. The van der Waals surface area contributed by atoms with Crippen LogP contribution in [0.4, 0.5) is 0 Å². The van der Waals surface area contributed by atoms with Crippen LogP contribution in [0.3, 0.4) is 0 Å². The van der Waals surface area contributed by atoms with Crippen molar-refractivity contribution < 1.29 is 9.53 Å². The minimum absolute atomic E-state index is 0.0187. The average Bonchev–Trinajstić information content (AvgIpc) is 2.43. The summed E-state index contributed by atoms with van der Waals surface area (Å²) in [6, 6.07) is 9.75. The normalized spacial score (nSPS) is 26.7. The monoisotopic (exact) mass is 261 g/mol. The van der Waals surface area contributed by atoms with E-state index < -0.39 is 0 Å². The molecule has 1 aromatic carbocycles. The van der Waals surface area contributed by atoms with Gasteiger partial charge in [0.15, 0.2) is 6.61 Å². The van der Waals surface area contributed by atoms with Crippen LogP contribution in [-0.2, 0) is 4.79 Å². The van der Waals surface area contributed by atoms with Crippen molar-refractivity contribution >= 4 is 5.91 Å². The Labute approximate surface area is 115 Å². The molecule has 2 rings (SSSR count). The predicted octanol–water partition coefficient (Wildman–Crippen LogP) is 3.01. The molecule has 0 aromatic heterocycles. The Hall–Kier alpha value is -1.51. The van der Waals surface area contributed by atoms with Crippen molar-refractivity contribution in [1.82, 2.24) is 5.32 Å². The third kappa shape index (κ3) is 3.98. The van der Waals surface area contributed by atoms with E-state index in [9.17, 15) is 4.79 Å². The summed E-state index contributed by atoms with van der Waals surface area (Å²) in [5.74, 6) is 1.96. The molecule has 0 spiro atoms. The number of ether oxygens (including phenoxy) is 1. The molecule has 1 N–H and O–H groups in total. The van der Waals surface area contributed by atoms with Gasteiger partial charge in [0, 0.05) is 6.04 Å². The summed E-state index contributed by atoms with van der Waals surface area (Å²) in [4.78, 5) is 11.9. The Kier molecular flexibility index (Phi) is 4.83. The molecule has 3 atom stereocenters. The first kappa shape index (κ1) is 13.9. The number of hydrogen-bond donors (Lipinski definition) is 1. The molecule has 1 aliphatic rings. The SMILES string of the molecule is C[C@@H]1[C@@H](NC(=O)COc2ccccc2)CCC[C@@H]1C. The maximum Gasteiger partial charge on any atom is 0.258 e. The second kappa shape index (κ2) is 6.60. The third-order valence-electron chi connectivity index (χ3n) is 4.17. The van der Waals surface area contributed by atoms with Gasteiger partial charge in [-0.15, -0.1) is 0 Å². The van der Waals surface area contributed by atoms with Crippen LogP contribution < -0.4 is 10.1 Å². The van der Waals surface area contributed by atoms with Crippen molar-refractivity contribution in [3.8, 4) is 5.75 Å². The van der Waals surface area contributed by atoms with E-state index in [1.54, 1.807) is 0 Å². The quantitative estimate of drug-likeness (QED) is 0.904. The fourth-order valence-electron chi connectivity index (χ4n) is 2.70. The molecule has 1 fully saturated rings. The molecule has 0 unspecified atom stereocenters. The van der Waals surface area contributed by atoms with E-state index in [1.807, 2.05) is 30.3 Å². The number of rotatable bonds is 4. The average molecular weight is 261 g/mol. The van der Waals surface area contributed by atoms with Gasteiger partial charge in [0.25, 0.3) is 5.91 Å². The Morgan fingerprint density at radius 3 is 2.74 bits per heavy atom. The molecule has 0 bridgehead atoms. The summed E-state index contributed by atoms with van der Waals surface area (Å²) in [6.45, 7) is 4.60. The highest BCUT2D eigenvalue weighted by Crippen LogP contribution is 2.29. The highest BCUT2D eigenvalue weighted by atomic mass is 16.5. The van der Waals surface area contributed by atoms with Crippen LogP contribution in [0.1, 0.15) is 33.1 Å². The summed E-state index contributed by atoms with van der Waals surface area (Å²) >= 11 is 0. The van der Waals surface area contributed by atoms with Gasteiger partial charge in [0.05, 0.1) is 0 Å². The summed E-state index contributed by atoms with van der Waals surface area (Å²) in [5.41, 5.74) is 0. The Morgan fingerprint density at radius 1 is 1.26 bits per heavy atom. The second-order valence-corrected chi connectivity index (χ2v) is 5.54. The van der Waals surface area contributed by atoms with Gasteiger partial charge in [-0.2, -0.15) is 0 Å². The molecule has 3 heteroatoms. The molecule has 1 aliphatic carbocycles. The first-order valence-electron chi connectivity index (χ1n) is 7.14. The van der Waals surface area contributed by atoms with Crippen LogP contribution in [0.15, 0.2) is 30.3 Å². The maximum absolute atomic E-state index is 11.9. The van der Waals surface area contributed by atoms with E-state index >= 15 is 0 Å². The van der Waals surface area contributed by atoms with Gasteiger partial charge in [0.1, 0.15) is 5.75 Å². The first-order chi connectivity index (χ1) is 9.16. The van der Waals surface area contributed by atoms with Crippen LogP contribution >= 0.6 is 0 Å². The molecule has 104 valence electrons. The van der Waals surface area contributed by atoms with E-state index in [0.717, 1.165) is 12.2 Å². The maximum atomic E-state index is 11.9. The fraction of sp³-hybridized carbons (Fsp3) is 0.562. The molecule has 19 heavy (non-hydrogen) atoms. The van der Waals surface area contributed by atoms with Gasteiger partial charge in [-0.3, -0.25) is 4.79 Å². The van der Waals surface area contributed by atoms with Gasteiger partial charge in [-0.05, 0) is 30.4 Å². The topological polar surface area (TPSA) is 38.3 Å². The van der Waals surface area contributed by atoms with E-state index in [-0.39, 0.29) is 12.5 Å². The Balaban J connectivity index is 1.78. The smallest absolute Gasteiger partial charge is 0.258 e. The van der Waals surface area contributed by atoms with Crippen molar-refractivity contribution in [3.63, 3.8) is 0 Å². The molecule has 3 nitrogen and oxygen atoms in total. The lowest BCUT2D eigenvalue weighted by molar-refractivity contribution is -0.124. The second-order valence-electron chi connectivity index (χ2n) is 5.54. The van der Waals surface area contributed by atoms with E-state index in [4.69, 9.17) is 4.74 Å². The van der Waals surface area contributed by atoms with Crippen LogP contribution in [0, 0.1) is 11.8 Å². The van der Waals surface area contributed by atoms with E-state index in [0.29, 0.717) is 17.9 Å². The van der Waals surface area contributed by atoms with Gasteiger partial charge < -0.3 is 10.1 Å². The number of para-hydroxylation sites is 1. The van der Waals surface area contributed by atoms with Crippen LogP contribution in [0.5, 0.6) is 5.75 Å². The zero-order valence-electron chi connectivity index (χ0n) is 11.8. The first-order valence-corrected chi connectivity index (χ1v) is 7.14. The van der Waals surface area contributed by atoms with Crippen molar-refractivity contribution in [2.24, 2.45) is 11.8 Å². The van der Waals surface area contributed by atoms with Crippen molar-refractivity contribution in [2.75, 3.05) is 6.61 Å². The van der Waals surface area contributed by atoms with Gasteiger partial charge in [-0.1, -0.05) is 44.9 Å². The molecule has 0 radical (unpaired) electrons. The number of nitrogens with one attached hydrogen (secondary N) is 1. The minimum atomic E-state index is -0.0187. The highest BCUT2D eigenvalue weighted by molar-refractivity contribution is 5.77. The van der Waals surface area contributed by atoms with Gasteiger partial charge in [-0.25, -0.2) is 0 Å². The molecule has 0 aliphatic heterocycles. The van der Waals surface area contributed by atoms with Crippen LogP contribution in [0.25, 0.3) is 0 Å². The van der Waals surface area contributed by atoms with Crippen LogP contribution in [0.2, 0.25) is 0 Å². The summed E-state index contributed by atoms with van der Waals surface area (Å²) < 4.78 is 5.46. The molecule has 1 saturated carbocycles. The molecule has 0 saturated heterocycles. The van der Waals surface area contributed by atoms with Crippen molar-refractivity contribution in [2.45, 2.75) is 39.2 Å². The predicted molar refractivity (Wildman–Crippen MR) is 76.0 cm³/mol. The zero-order chi connectivity index (χ0) is 13.7. The highest BCUT2D eigenvalue weighted by Gasteiger charge is 2.28. The van der Waals surface area contributed by atoms with Crippen LogP contribution in [-0.4, -0.2) is 18.6 Å². The zero-order valence-corrected chi connectivity index (χ0v) is 11.8. The van der Waals surface area contributed by atoms with E-state index in [1.165, 1.54) is 12.8 Å². The van der Waals surface area contributed by atoms with Crippen molar-refractivity contribution in [3.05, 3.63) is 30.3 Å². The number of carbonyl (C=O) groups is 1. The largest absolute Gasteiger partial charge is 0.484 e. The molecule has 0 heterocycles. The molecular weight excluding hydrogens is 238 g/mol. The lowest BCUT2D eigenvalue weighted by Crippen LogP contribution is -2.45. The number of hydrogen-bond acceptors (Lipinski definition) is 2. The lowest BCUT2D eigenvalue weighted by Gasteiger charge is -2.34. The Bertz CT molecular complexity index is 404. The number of carbonyl (C=O) groups excluding carboxylic acids is 1. The molecule has 1 amide bonds. The third-order valence-corrected chi connectivity index (χ3v) is 4.17. The van der Waals surface area contributed by atoms with Crippen molar-refractivity contribution in [1.29, 1.82) is 0 Å². The molecular formula is C16H23NO2.